The SMILES string of the molecule is CCN(C(=O)N1CCCC1)c1ccncc1. The van der Waals surface area contributed by atoms with Crippen LogP contribution < -0.4 is 4.90 Å². The van der Waals surface area contributed by atoms with E-state index < -0.39 is 0 Å². The molecule has 0 aromatic carbocycles. The molecular formula is C12H17N3O. The molecule has 86 valence electrons. The number of urea groups is 1. The van der Waals surface area contributed by atoms with E-state index in [0.29, 0.717) is 6.54 Å². The van der Waals surface area contributed by atoms with Crippen LogP contribution >= 0.6 is 0 Å². The Labute approximate surface area is 95.9 Å². The molecule has 2 amide bonds. The molecule has 16 heavy (non-hydrogen) atoms. The first-order valence-corrected chi connectivity index (χ1v) is 5.79. The van der Waals surface area contributed by atoms with Gasteiger partial charge in [-0.1, -0.05) is 0 Å². The normalized spacial score (nSPS) is 15.2. The van der Waals surface area contributed by atoms with E-state index in [0.717, 1.165) is 31.6 Å². The van der Waals surface area contributed by atoms with Gasteiger partial charge in [0.25, 0.3) is 0 Å². The lowest BCUT2D eigenvalue weighted by molar-refractivity contribution is 0.216. The summed E-state index contributed by atoms with van der Waals surface area (Å²) in [5, 5.41) is 0. The van der Waals surface area contributed by atoms with Crippen molar-refractivity contribution < 1.29 is 4.79 Å². The second kappa shape index (κ2) is 4.96. The topological polar surface area (TPSA) is 36.4 Å². The summed E-state index contributed by atoms with van der Waals surface area (Å²) in [5.41, 5.74) is 0.925. The number of pyridine rings is 1. The first-order chi connectivity index (χ1) is 7.83. The van der Waals surface area contributed by atoms with E-state index in [1.165, 1.54) is 0 Å². The molecule has 0 bridgehead atoms. The Morgan fingerprint density at radius 1 is 1.38 bits per heavy atom. The number of aromatic nitrogens is 1. The number of amides is 2. The Kier molecular flexibility index (Phi) is 3.39. The molecule has 4 heteroatoms. The molecule has 4 nitrogen and oxygen atoms in total. The highest BCUT2D eigenvalue weighted by Crippen LogP contribution is 2.17. The molecule has 0 unspecified atom stereocenters. The summed E-state index contributed by atoms with van der Waals surface area (Å²) in [7, 11) is 0. The molecule has 0 radical (unpaired) electrons. The zero-order valence-corrected chi connectivity index (χ0v) is 9.59. The van der Waals surface area contributed by atoms with Crippen LogP contribution in [0.5, 0.6) is 0 Å². The molecule has 2 rings (SSSR count). The Balaban J connectivity index is 2.13. The summed E-state index contributed by atoms with van der Waals surface area (Å²) < 4.78 is 0. The van der Waals surface area contributed by atoms with Crippen LogP contribution in [0.15, 0.2) is 24.5 Å². The number of rotatable bonds is 2. The van der Waals surface area contributed by atoms with Crippen molar-refractivity contribution in [2.24, 2.45) is 0 Å². The lowest BCUT2D eigenvalue weighted by Gasteiger charge is -2.26. The third-order valence-corrected chi connectivity index (χ3v) is 2.90. The maximum Gasteiger partial charge on any atom is 0.324 e. The second-order valence-electron chi connectivity index (χ2n) is 3.93. The first-order valence-electron chi connectivity index (χ1n) is 5.79. The molecular weight excluding hydrogens is 202 g/mol. The van der Waals surface area contributed by atoms with Crippen molar-refractivity contribution >= 4 is 11.7 Å². The molecule has 0 spiro atoms. The minimum absolute atomic E-state index is 0.117. The standard InChI is InChI=1S/C12H17N3O/c1-2-15(11-5-7-13-8-6-11)12(16)14-9-3-4-10-14/h5-8H,2-4,9-10H2,1H3. The number of likely N-dealkylation sites (tertiary alicyclic amines) is 1. The maximum absolute atomic E-state index is 12.2. The van der Waals surface area contributed by atoms with Gasteiger partial charge in [0.15, 0.2) is 0 Å². The van der Waals surface area contributed by atoms with Gasteiger partial charge in [0.2, 0.25) is 0 Å². The summed E-state index contributed by atoms with van der Waals surface area (Å²) in [6.45, 7) is 4.47. The highest BCUT2D eigenvalue weighted by atomic mass is 16.2. The van der Waals surface area contributed by atoms with E-state index in [-0.39, 0.29) is 6.03 Å². The van der Waals surface area contributed by atoms with Gasteiger partial charge in [-0.05, 0) is 31.9 Å². The van der Waals surface area contributed by atoms with Crippen LogP contribution in [0.4, 0.5) is 10.5 Å². The van der Waals surface area contributed by atoms with Gasteiger partial charge in [0.1, 0.15) is 0 Å². The van der Waals surface area contributed by atoms with E-state index >= 15 is 0 Å². The van der Waals surface area contributed by atoms with E-state index in [9.17, 15) is 4.79 Å². The first kappa shape index (κ1) is 10.9. The largest absolute Gasteiger partial charge is 0.324 e. The van der Waals surface area contributed by atoms with E-state index in [1.54, 1.807) is 17.3 Å². The quantitative estimate of drug-likeness (QED) is 0.764. The molecule has 0 N–H and O–H groups in total. The molecule has 0 atom stereocenters. The van der Waals surface area contributed by atoms with Gasteiger partial charge in [-0.2, -0.15) is 0 Å². The van der Waals surface area contributed by atoms with Crippen LogP contribution in [0.3, 0.4) is 0 Å². The third-order valence-electron chi connectivity index (χ3n) is 2.90. The predicted molar refractivity (Wildman–Crippen MR) is 63.5 cm³/mol. The summed E-state index contributed by atoms with van der Waals surface area (Å²) in [5.74, 6) is 0. The zero-order chi connectivity index (χ0) is 11.4. The van der Waals surface area contributed by atoms with Crippen LogP contribution in [-0.2, 0) is 0 Å². The summed E-state index contributed by atoms with van der Waals surface area (Å²) >= 11 is 0. The fourth-order valence-electron chi connectivity index (χ4n) is 2.03. The minimum Gasteiger partial charge on any atom is -0.324 e. The number of hydrogen-bond acceptors (Lipinski definition) is 2. The maximum atomic E-state index is 12.2. The van der Waals surface area contributed by atoms with Gasteiger partial charge < -0.3 is 4.90 Å². The lowest BCUT2D eigenvalue weighted by Crippen LogP contribution is -2.41. The molecule has 1 saturated heterocycles. The molecule has 0 aliphatic carbocycles. The lowest BCUT2D eigenvalue weighted by atomic mass is 10.3. The zero-order valence-electron chi connectivity index (χ0n) is 9.59. The average molecular weight is 219 g/mol. The Bertz CT molecular complexity index is 347. The summed E-state index contributed by atoms with van der Waals surface area (Å²) in [4.78, 5) is 19.9. The smallest absolute Gasteiger partial charge is 0.324 e. The molecule has 2 heterocycles. The number of carbonyl (C=O) groups is 1. The number of carbonyl (C=O) groups excluding carboxylic acids is 1. The van der Waals surface area contributed by atoms with E-state index in [1.807, 2.05) is 24.0 Å². The number of anilines is 1. The second-order valence-corrected chi connectivity index (χ2v) is 3.93. The molecule has 0 saturated carbocycles. The molecule has 1 aromatic heterocycles. The fraction of sp³-hybridized carbons (Fsp3) is 0.500. The van der Waals surface area contributed by atoms with Crippen LogP contribution in [0.1, 0.15) is 19.8 Å². The molecule has 1 aromatic rings. The van der Waals surface area contributed by atoms with Gasteiger partial charge in [-0.15, -0.1) is 0 Å². The average Bonchev–Trinajstić information content (AvgIpc) is 2.85. The van der Waals surface area contributed by atoms with Gasteiger partial charge in [0.05, 0.1) is 0 Å². The van der Waals surface area contributed by atoms with Crippen LogP contribution in [-0.4, -0.2) is 35.5 Å². The van der Waals surface area contributed by atoms with Gasteiger partial charge >= 0.3 is 6.03 Å². The molecule has 1 aliphatic rings. The van der Waals surface area contributed by atoms with Crippen molar-refractivity contribution in [3.05, 3.63) is 24.5 Å². The highest BCUT2D eigenvalue weighted by Gasteiger charge is 2.23. The Hall–Kier alpha value is -1.58. The van der Waals surface area contributed by atoms with E-state index in [2.05, 4.69) is 4.98 Å². The van der Waals surface area contributed by atoms with Crippen molar-refractivity contribution in [2.45, 2.75) is 19.8 Å². The fourth-order valence-corrected chi connectivity index (χ4v) is 2.03. The summed E-state index contributed by atoms with van der Waals surface area (Å²) in [6, 6.07) is 3.86. The van der Waals surface area contributed by atoms with E-state index in [4.69, 9.17) is 0 Å². The molecule has 1 aliphatic heterocycles. The van der Waals surface area contributed by atoms with Gasteiger partial charge in [-0.3, -0.25) is 9.88 Å². The predicted octanol–water partition coefficient (Wildman–Crippen LogP) is 2.12. The van der Waals surface area contributed by atoms with Crippen molar-refractivity contribution in [3.63, 3.8) is 0 Å². The molecule has 1 fully saturated rings. The van der Waals surface area contributed by atoms with Crippen LogP contribution in [0.25, 0.3) is 0 Å². The van der Waals surface area contributed by atoms with Crippen LogP contribution in [0.2, 0.25) is 0 Å². The Morgan fingerprint density at radius 3 is 2.56 bits per heavy atom. The van der Waals surface area contributed by atoms with Crippen LogP contribution in [0, 0.1) is 0 Å². The van der Waals surface area contributed by atoms with Gasteiger partial charge in [0, 0.05) is 37.7 Å². The number of nitrogens with zero attached hydrogens (tertiary/aromatic N) is 3. The van der Waals surface area contributed by atoms with Crippen molar-refractivity contribution in [2.75, 3.05) is 24.5 Å². The highest BCUT2D eigenvalue weighted by molar-refractivity contribution is 5.91. The Morgan fingerprint density at radius 2 is 2.00 bits per heavy atom. The van der Waals surface area contributed by atoms with Crippen molar-refractivity contribution in [1.29, 1.82) is 0 Å². The minimum atomic E-state index is 0.117. The van der Waals surface area contributed by atoms with Gasteiger partial charge in [-0.25, -0.2) is 4.79 Å². The van der Waals surface area contributed by atoms with Crippen molar-refractivity contribution in [1.82, 2.24) is 9.88 Å². The monoisotopic (exact) mass is 219 g/mol. The number of hydrogen-bond donors (Lipinski definition) is 0. The summed E-state index contributed by atoms with van der Waals surface area (Å²) in [6.07, 6.45) is 5.68. The third kappa shape index (κ3) is 2.15. The van der Waals surface area contributed by atoms with Crippen molar-refractivity contribution in [3.8, 4) is 0 Å².